The molecule has 12 heteroatoms. The van der Waals surface area contributed by atoms with E-state index in [1.807, 2.05) is 6.92 Å². The van der Waals surface area contributed by atoms with E-state index >= 15 is 0 Å². The minimum atomic E-state index is -1.08. The molecule has 0 saturated carbocycles. The van der Waals surface area contributed by atoms with Gasteiger partial charge in [0, 0.05) is 19.0 Å². The number of amides is 2. The van der Waals surface area contributed by atoms with Crippen LogP contribution in [0.3, 0.4) is 0 Å². The Morgan fingerprint density at radius 2 is 1.82 bits per heavy atom. The number of rotatable bonds is 14. The first-order chi connectivity index (χ1) is 15.4. The topological polar surface area (TPSA) is 198 Å². The van der Waals surface area contributed by atoms with Crippen LogP contribution >= 0.6 is 0 Å². The smallest absolute Gasteiger partial charge is 0.329 e. The number of Topliss-reactive ketones (excluding diaryl/α,β-unsaturated/α-hetero) is 1. The van der Waals surface area contributed by atoms with Crippen LogP contribution in [-0.2, 0) is 27.3 Å². The minimum absolute atomic E-state index is 0.0552. The Morgan fingerprint density at radius 1 is 1.15 bits per heavy atom. The summed E-state index contributed by atoms with van der Waals surface area (Å²) in [7, 11) is 0. The highest BCUT2D eigenvalue weighted by molar-refractivity contribution is 5.92. The predicted octanol–water partition coefficient (Wildman–Crippen LogP) is -0.507. The summed E-state index contributed by atoms with van der Waals surface area (Å²) in [5.41, 5.74) is 10.1. The molecule has 12 nitrogen and oxygen atoms in total. The van der Waals surface area contributed by atoms with Gasteiger partial charge in [-0.05, 0) is 45.4 Å². The van der Waals surface area contributed by atoms with Gasteiger partial charge in [-0.1, -0.05) is 13.8 Å². The van der Waals surface area contributed by atoms with Crippen molar-refractivity contribution in [1.82, 2.24) is 20.2 Å². The monoisotopic (exact) mass is 467 g/mol. The molecule has 0 radical (unpaired) electrons. The number of aromatic nitrogens is 2. The highest BCUT2D eigenvalue weighted by Gasteiger charge is 2.25. The zero-order chi connectivity index (χ0) is 25.1. The molecule has 0 aliphatic carbocycles. The first kappa shape index (κ1) is 27.7. The zero-order valence-corrected chi connectivity index (χ0v) is 19.8. The number of carbonyl (C=O) groups is 3. The van der Waals surface area contributed by atoms with Crippen molar-refractivity contribution in [2.24, 2.45) is 22.4 Å². The second kappa shape index (κ2) is 13.3. The molecule has 0 saturated heterocycles. The second-order valence-electron chi connectivity index (χ2n) is 8.64. The van der Waals surface area contributed by atoms with Crippen LogP contribution in [0.4, 0.5) is 0 Å². The van der Waals surface area contributed by atoms with Gasteiger partial charge in [0.05, 0.1) is 5.69 Å². The number of hydrogen-bond acceptors (Lipinski definition) is 6. The number of nitrogens with one attached hydrogen (secondary N) is 3. The van der Waals surface area contributed by atoms with E-state index in [2.05, 4.69) is 34.5 Å². The normalized spacial score (nSPS) is 12.8. The fraction of sp³-hybridized carbons (Fsp3) is 0.667. The molecule has 1 aromatic rings. The average molecular weight is 468 g/mol. The minimum Gasteiger partial charge on any atom is -0.493 e. The van der Waals surface area contributed by atoms with E-state index in [1.165, 1.54) is 6.92 Å². The number of aryl methyl sites for hydroxylation is 1. The van der Waals surface area contributed by atoms with Crippen LogP contribution in [-0.4, -0.2) is 56.8 Å². The van der Waals surface area contributed by atoms with E-state index in [0.717, 1.165) is 17.4 Å². The van der Waals surface area contributed by atoms with Crippen molar-refractivity contribution in [2.75, 3.05) is 6.54 Å². The molecule has 8 N–H and O–H groups in total. The lowest BCUT2D eigenvalue weighted by Crippen LogP contribution is -2.50. The van der Waals surface area contributed by atoms with Gasteiger partial charge in [0.2, 0.25) is 17.7 Å². The van der Waals surface area contributed by atoms with Gasteiger partial charge in [-0.3, -0.25) is 23.9 Å². The van der Waals surface area contributed by atoms with Gasteiger partial charge in [-0.25, -0.2) is 4.79 Å². The van der Waals surface area contributed by atoms with Crippen molar-refractivity contribution in [2.45, 2.75) is 78.4 Å². The number of ketones is 1. The lowest BCUT2D eigenvalue weighted by Gasteiger charge is -2.21. The average Bonchev–Trinajstić information content (AvgIpc) is 2.96. The van der Waals surface area contributed by atoms with Gasteiger partial charge in [0.1, 0.15) is 18.4 Å². The fourth-order valence-corrected chi connectivity index (χ4v) is 3.18. The number of aromatic hydroxyl groups is 1. The molecule has 1 aromatic heterocycles. The summed E-state index contributed by atoms with van der Waals surface area (Å²) in [6, 6.07) is -1.20. The number of guanidine groups is 1. The Balaban J connectivity index is 2.79. The van der Waals surface area contributed by atoms with Crippen molar-refractivity contribution < 1.29 is 19.5 Å². The third-order valence-corrected chi connectivity index (χ3v) is 4.92. The summed E-state index contributed by atoms with van der Waals surface area (Å²) in [6.07, 6.45) is 2.26. The summed E-state index contributed by atoms with van der Waals surface area (Å²) in [5.74, 6) is -1.37. The molecular weight excluding hydrogens is 430 g/mol. The van der Waals surface area contributed by atoms with Crippen molar-refractivity contribution in [1.29, 1.82) is 0 Å². The Hall–Kier alpha value is -3.31. The molecule has 2 atom stereocenters. The van der Waals surface area contributed by atoms with E-state index in [0.29, 0.717) is 18.9 Å². The third kappa shape index (κ3) is 10.2. The summed E-state index contributed by atoms with van der Waals surface area (Å²) >= 11 is 0. The first-order valence-electron chi connectivity index (χ1n) is 11.1. The largest absolute Gasteiger partial charge is 0.493 e. The van der Waals surface area contributed by atoms with Crippen LogP contribution < -0.4 is 27.8 Å². The maximum atomic E-state index is 12.6. The van der Waals surface area contributed by atoms with Crippen LogP contribution in [0.25, 0.3) is 0 Å². The van der Waals surface area contributed by atoms with E-state index in [9.17, 15) is 24.3 Å². The third-order valence-electron chi connectivity index (χ3n) is 4.92. The zero-order valence-electron chi connectivity index (χ0n) is 19.8. The molecule has 33 heavy (non-hydrogen) atoms. The summed E-state index contributed by atoms with van der Waals surface area (Å²) < 4.78 is 0.860. The van der Waals surface area contributed by atoms with Crippen LogP contribution in [0.5, 0.6) is 5.88 Å². The standard InChI is InChI=1S/C21H37N7O5/c1-12(2)7-8-13(3)25-18(31)16(10-14(4)29)26-17(30)11-28-19(32)15(27-21(28)33)6-5-9-24-20(22)23/h12-13,16,32H,5-11H2,1-4H3,(H,25,31)(H,26,30)(H,27,33)(H4,22,23,24)/t13?,16-/m0/s1. The summed E-state index contributed by atoms with van der Waals surface area (Å²) in [6.45, 7) is 7.15. The van der Waals surface area contributed by atoms with Gasteiger partial charge in [-0.15, -0.1) is 0 Å². The number of nitrogens with zero attached hydrogens (tertiary/aromatic N) is 2. The van der Waals surface area contributed by atoms with Crippen LogP contribution in [0.1, 0.15) is 59.1 Å². The number of H-pyrrole nitrogens is 1. The van der Waals surface area contributed by atoms with Gasteiger partial charge in [0.25, 0.3) is 0 Å². The van der Waals surface area contributed by atoms with Crippen molar-refractivity contribution in [3.05, 3.63) is 16.2 Å². The lowest BCUT2D eigenvalue weighted by atomic mass is 10.0. The quantitative estimate of drug-likeness (QED) is 0.120. The van der Waals surface area contributed by atoms with Crippen molar-refractivity contribution in [3.63, 3.8) is 0 Å². The number of aliphatic imine (C=N–C) groups is 1. The summed E-state index contributed by atoms with van der Waals surface area (Å²) in [4.78, 5) is 55.3. The van der Waals surface area contributed by atoms with Crippen LogP contribution in [0, 0.1) is 5.92 Å². The molecule has 1 heterocycles. The van der Waals surface area contributed by atoms with E-state index in [4.69, 9.17) is 11.5 Å². The molecule has 2 amide bonds. The molecule has 1 unspecified atom stereocenters. The first-order valence-corrected chi connectivity index (χ1v) is 11.1. The van der Waals surface area contributed by atoms with Crippen LogP contribution in [0.15, 0.2) is 9.79 Å². The van der Waals surface area contributed by atoms with E-state index in [1.54, 1.807) is 0 Å². The molecule has 0 spiro atoms. The number of hydrogen-bond donors (Lipinski definition) is 6. The van der Waals surface area contributed by atoms with Crippen LogP contribution in [0.2, 0.25) is 0 Å². The van der Waals surface area contributed by atoms with Gasteiger partial charge in [-0.2, -0.15) is 0 Å². The fourth-order valence-electron chi connectivity index (χ4n) is 3.18. The van der Waals surface area contributed by atoms with Gasteiger partial charge in [0.15, 0.2) is 5.96 Å². The molecule has 0 bridgehead atoms. The maximum absolute atomic E-state index is 12.6. The highest BCUT2D eigenvalue weighted by atomic mass is 16.3. The molecule has 0 aliphatic heterocycles. The molecule has 0 fully saturated rings. The number of carbonyl (C=O) groups excluding carboxylic acids is 3. The maximum Gasteiger partial charge on any atom is 0.329 e. The van der Waals surface area contributed by atoms with Crippen molar-refractivity contribution >= 4 is 23.6 Å². The highest BCUT2D eigenvalue weighted by Crippen LogP contribution is 2.14. The Labute approximate surface area is 193 Å². The molecular formula is C21H37N7O5. The molecule has 0 aliphatic rings. The Kier molecular flexibility index (Phi) is 11.2. The predicted molar refractivity (Wildman–Crippen MR) is 125 cm³/mol. The van der Waals surface area contributed by atoms with E-state index in [-0.39, 0.29) is 42.2 Å². The second-order valence-corrected chi connectivity index (χ2v) is 8.64. The van der Waals surface area contributed by atoms with Crippen molar-refractivity contribution in [3.8, 4) is 5.88 Å². The Bertz CT molecular complexity index is 899. The number of aromatic amines is 1. The molecule has 186 valence electrons. The summed E-state index contributed by atoms with van der Waals surface area (Å²) in [5, 5.41) is 15.6. The Morgan fingerprint density at radius 3 is 2.39 bits per heavy atom. The molecule has 0 aromatic carbocycles. The van der Waals surface area contributed by atoms with Gasteiger partial charge >= 0.3 is 5.69 Å². The number of imidazole rings is 1. The number of nitrogens with two attached hydrogens (primary N) is 2. The SMILES string of the molecule is CC(=O)C[C@H](NC(=O)Cn1c(O)c(CCCN=C(N)N)[nH]c1=O)C(=O)NC(C)CCC(C)C. The van der Waals surface area contributed by atoms with Gasteiger partial charge < -0.3 is 32.2 Å². The van der Waals surface area contributed by atoms with E-state index < -0.39 is 30.1 Å². The lowest BCUT2D eigenvalue weighted by molar-refractivity contribution is -0.131. The molecule has 1 rings (SSSR count).